The van der Waals surface area contributed by atoms with Crippen molar-refractivity contribution in [3.63, 3.8) is 0 Å². The van der Waals surface area contributed by atoms with Crippen LogP contribution in [-0.2, 0) is 24.2 Å². The van der Waals surface area contributed by atoms with Crippen LogP contribution in [0.2, 0.25) is 0 Å². The van der Waals surface area contributed by atoms with E-state index in [-0.39, 0.29) is 12.4 Å². The number of hydrogen-bond donors (Lipinski definition) is 0. The predicted octanol–water partition coefficient (Wildman–Crippen LogP) is 5.02. The molecule has 0 saturated heterocycles. The molecule has 0 unspecified atom stereocenters. The highest BCUT2D eigenvalue weighted by molar-refractivity contribution is 7.17. The van der Waals surface area contributed by atoms with Gasteiger partial charge in [-0.2, -0.15) is 0 Å². The minimum atomic E-state index is -0.414. The first-order chi connectivity index (χ1) is 12.7. The van der Waals surface area contributed by atoms with Gasteiger partial charge in [-0.3, -0.25) is 0 Å². The zero-order valence-electron chi connectivity index (χ0n) is 14.3. The Hall–Kier alpha value is -2.66. The summed E-state index contributed by atoms with van der Waals surface area (Å²) in [7, 11) is 1.66. The molecule has 0 bridgehead atoms. The second-order valence-electron chi connectivity index (χ2n) is 6.16. The molecule has 0 fully saturated rings. The number of methoxy groups -OCH3 is 1. The van der Waals surface area contributed by atoms with E-state index in [0.717, 1.165) is 34.6 Å². The number of halogens is 1. The monoisotopic (exact) mass is 368 g/mol. The van der Waals surface area contributed by atoms with Gasteiger partial charge < -0.3 is 9.47 Å². The molecule has 26 heavy (non-hydrogen) atoms. The first-order valence-electron chi connectivity index (χ1n) is 8.36. The molecule has 1 aromatic heterocycles. The molecule has 0 aliphatic heterocycles. The van der Waals surface area contributed by atoms with Crippen molar-refractivity contribution in [2.45, 2.75) is 19.4 Å². The molecule has 0 saturated carbocycles. The van der Waals surface area contributed by atoms with Gasteiger partial charge in [0.25, 0.3) is 0 Å². The van der Waals surface area contributed by atoms with Crippen molar-refractivity contribution in [1.29, 1.82) is 0 Å². The van der Waals surface area contributed by atoms with E-state index in [1.165, 1.54) is 23.0 Å². The SMILES string of the molecule is COc1ccc2c(c1)CCc1cc(C(=O)OCc3ccccc3F)sc1-2. The number of ether oxygens (including phenoxy) is 2. The highest BCUT2D eigenvalue weighted by Gasteiger charge is 2.22. The summed E-state index contributed by atoms with van der Waals surface area (Å²) in [6.07, 6.45) is 1.80. The number of esters is 1. The van der Waals surface area contributed by atoms with Crippen LogP contribution < -0.4 is 4.74 Å². The number of thiophene rings is 1. The van der Waals surface area contributed by atoms with Gasteiger partial charge in [-0.15, -0.1) is 11.3 Å². The fraction of sp³-hybridized carbons (Fsp3) is 0.190. The van der Waals surface area contributed by atoms with E-state index in [2.05, 4.69) is 0 Å². The summed E-state index contributed by atoms with van der Waals surface area (Å²) < 4.78 is 24.3. The molecule has 0 atom stereocenters. The van der Waals surface area contributed by atoms with E-state index in [0.29, 0.717) is 10.4 Å². The third-order valence-electron chi connectivity index (χ3n) is 4.55. The van der Waals surface area contributed by atoms with Gasteiger partial charge in [0.05, 0.1) is 7.11 Å². The molecule has 3 aromatic rings. The summed E-state index contributed by atoms with van der Waals surface area (Å²) >= 11 is 1.43. The van der Waals surface area contributed by atoms with E-state index < -0.39 is 5.97 Å². The van der Waals surface area contributed by atoms with Gasteiger partial charge >= 0.3 is 5.97 Å². The second kappa shape index (κ2) is 6.92. The van der Waals surface area contributed by atoms with Crippen molar-refractivity contribution in [2.24, 2.45) is 0 Å². The van der Waals surface area contributed by atoms with E-state index in [9.17, 15) is 9.18 Å². The van der Waals surface area contributed by atoms with Crippen LogP contribution in [0.4, 0.5) is 4.39 Å². The lowest BCUT2D eigenvalue weighted by Gasteiger charge is -2.16. The average Bonchev–Trinajstić information content (AvgIpc) is 3.11. The van der Waals surface area contributed by atoms with Crippen molar-refractivity contribution in [3.8, 4) is 16.2 Å². The lowest BCUT2D eigenvalue weighted by molar-refractivity contribution is 0.0474. The van der Waals surface area contributed by atoms with Crippen LogP contribution >= 0.6 is 11.3 Å². The smallest absolute Gasteiger partial charge is 0.348 e. The molecule has 132 valence electrons. The van der Waals surface area contributed by atoms with Gasteiger partial charge in [0.2, 0.25) is 0 Å². The lowest BCUT2D eigenvalue weighted by Crippen LogP contribution is -2.04. The predicted molar refractivity (Wildman–Crippen MR) is 99.2 cm³/mol. The standard InChI is InChI=1S/C21H17FO3S/c1-24-16-8-9-17-13(10-16)6-7-14-11-19(26-20(14)17)21(23)25-12-15-4-2-3-5-18(15)22/h2-5,8-11H,6-7,12H2,1H3. The Bertz CT molecular complexity index is 977. The molecular weight excluding hydrogens is 351 g/mol. The summed E-state index contributed by atoms with van der Waals surface area (Å²) in [5, 5.41) is 0. The number of rotatable bonds is 4. The quantitative estimate of drug-likeness (QED) is 0.607. The number of carbonyl (C=O) groups excluding carboxylic acids is 1. The number of fused-ring (bicyclic) bond motifs is 3. The molecular formula is C21H17FO3S. The Balaban J connectivity index is 1.55. The number of hydrogen-bond acceptors (Lipinski definition) is 4. The maximum atomic E-state index is 13.7. The van der Waals surface area contributed by atoms with Crippen LogP contribution in [0.15, 0.2) is 48.5 Å². The van der Waals surface area contributed by atoms with Crippen LogP contribution in [0.25, 0.3) is 10.4 Å². The molecule has 0 radical (unpaired) electrons. The third kappa shape index (κ3) is 3.10. The van der Waals surface area contributed by atoms with E-state index in [1.54, 1.807) is 25.3 Å². The first-order valence-corrected chi connectivity index (χ1v) is 9.18. The summed E-state index contributed by atoms with van der Waals surface area (Å²) in [6, 6.07) is 14.2. The maximum absolute atomic E-state index is 13.7. The molecule has 5 heteroatoms. The fourth-order valence-electron chi connectivity index (χ4n) is 3.17. The van der Waals surface area contributed by atoms with Crippen molar-refractivity contribution in [3.05, 3.63) is 75.9 Å². The highest BCUT2D eigenvalue weighted by Crippen LogP contribution is 2.41. The molecule has 4 rings (SSSR count). The molecule has 1 aliphatic carbocycles. The van der Waals surface area contributed by atoms with Gasteiger partial charge in [-0.25, -0.2) is 9.18 Å². The Morgan fingerprint density at radius 2 is 1.92 bits per heavy atom. The van der Waals surface area contributed by atoms with Crippen LogP contribution in [0, 0.1) is 5.82 Å². The van der Waals surface area contributed by atoms with Crippen LogP contribution in [0.1, 0.15) is 26.4 Å². The average molecular weight is 368 g/mol. The summed E-state index contributed by atoms with van der Waals surface area (Å²) in [5.74, 6) is 0.0599. The van der Waals surface area contributed by atoms with Crippen LogP contribution in [0.5, 0.6) is 5.75 Å². The van der Waals surface area contributed by atoms with E-state index in [4.69, 9.17) is 9.47 Å². The normalized spacial score (nSPS) is 12.2. The Morgan fingerprint density at radius 1 is 1.12 bits per heavy atom. The molecule has 2 aromatic carbocycles. The summed E-state index contributed by atoms with van der Waals surface area (Å²) in [6.45, 7) is -0.0676. The number of benzene rings is 2. The first kappa shape index (κ1) is 16.8. The summed E-state index contributed by atoms with van der Waals surface area (Å²) in [4.78, 5) is 14.1. The zero-order chi connectivity index (χ0) is 18.1. The molecule has 0 amide bonds. The van der Waals surface area contributed by atoms with Gasteiger partial charge in [0.15, 0.2) is 0 Å². The van der Waals surface area contributed by atoms with E-state index in [1.807, 2.05) is 24.3 Å². The van der Waals surface area contributed by atoms with Crippen molar-refractivity contribution < 1.29 is 18.7 Å². The Labute approximate surface area is 155 Å². The number of aryl methyl sites for hydroxylation is 2. The zero-order valence-corrected chi connectivity index (χ0v) is 15.1. The van der Waals surface area contributed by atoms with Crippen LogP contribution in [-0.4, -0.2) is 13.1 Å². The Kier molecular flexibility index (Phi) is 4.47. The Morgan fingerprint density at radius 3 is 2.73 bits per heavy atom. The third-order valence-corrected chi connectivity index (χ3v) is 5.74. The number of carbonyl (C=O) groups is 1. The molecule has 3 nitrogen and oxygen atoms in total. The van der Waals surface area contributed by atoms with Gasteiger partial charge in [-0.05, 0) is 59.9 Å². The maximum Gasteiger partial charge on any atom is 0.348 e. The molecule has 1 aliphatic rings. The van der Waals surface area contributed by atoms with Crippen molar-refractivity contribution in [1.82, 2.24) is 0 Å². The van der Waals surface area contributed by atoms with Gasteiger partial charge in [0, 0.05) is 10.4 Å². The van der Waals surface area contributed by atoms with Crippen LogP contribution in [0.3, 0.4) is 0 Å². The minimum absolute atomic E-state index is 0.0676. The summed E-state index contributed by atoms with van der Waals surface area (Å²) in [5.41, 5.74) is 3.90. The highest BCUT2D eigenvalue weighted by atomic mass is 32.1. The lowest BCUT2D eigenvalue weighted by atomic mass is 9.91. The van der Waals surface area contributed by atoms with Crippen molar-refractivity contribution in [2.75, 3.05) is 7.11 Å². The minimum Gasteiger partial charge on any atom is -0.497 e. The topological polar surface area (TPSA) is 35.5 Å². The van der Waals surface area contributed by atoms with Crippen molar-refractivity contribution >= 4 is 17.3 Å². The van der Waals surface area contributed by atoms with Gasteiger partial charge in [0.1, 0.15) is 23.1 Å². The molecule has 0 spiro atoms. The van der Waals surface area contributed by atoms with Gasteiger partial charge in [-0.1, -0.05) is 18.2 Å². The fourth-order valence-corrected chi connectivity index (χ4v) is 4.33. The molecule has 0 N–H and O–H groups in total. The van der Waals surface area contributed by atoms with E-state index >= 15 is 0 Å². The molecule has 1 heterocycles. The second-order valence-corrected chi connectivity index (χ2v) is 7.21. The largest absolute Gasteiger partial charge is 0.497 e.